The summed E-state index contributed by atoms with van der Waals surface area (Å²) in [4.78, 5) is 23.8. The molecule has 0 bridgehead atoms. The van der Waals surface area contributed by atoms with Gasteiger partial charge in [-0.1, -0.05) is 17.7 Å². The van der Waals surface area contributed by atoms with Crippen molar-refractivity contribution in [1.29, 1.82) is 0 Å². The fraction of sp³-hybridized carbons (Fsp3) is 0.263. The predicted octanol–water partition coefficient (Wildman–Crippen LogP) is 3.39. The Bertz CT molecular complexity index is 759. The van der Waals surface area contributed by atoms with E-state index >= 15 is 0 Å². The fourth-order valence-electron chi connectivity index (χ4n) is 2.16. The van der Waals surface area contributed by atoms with E-state index in [-0.39, 0.29) is 6.61 Å². The average molecular weight is 345 g/mol. The van der Waals surface area contributed by atoms with Crippen molar-refractivity contribution in [3.63, 3.8) is 0 Å². The molecule has 0 spiro atoms. The van der Waals surface area contributed by atoms with Crippen molar-refractivity contribution in [2.75, 3.05) is 11.9 Å². The van der Waals surface area contributed by atoms with Gasteiger partial charge < -0.3 is 14.8 Å². The van der Waals surface area contributed by atoms with E-state index in [1.807, 2.05) is 26.0 Å². The monoisotopic (exact) mass is 345 g/mol. The highest BCUT2D eigenvalue weighted by molar-refractivity contribution is 5.95. The molecule has 1 amide bonds. The van der Waals surface area contributed by atoms with Crippen molar-refractivity contribution in [2.45, 2.75) is 26.9 Å². The summed E-state index contributed by atoms with van der Waals surface area (Å²) in [5.41, 5.74) is 2.43. The van der Waals surface area contributed by atoms with Crippen molar-refractivity contribution >= 4 is 17.6 Å². The van der Waals surface area contributed by atoms with E-state index in [9.17, 15) is 14.0 Å². The molecule has 132 valence electrons. The molecule has 0 saturated heterocycles. The lowest BCUT2D eigenvalue weighted by molar-refractivity contribution is -0.155. The molecule has 1 N–H and O–H groups in total. The number of aryl methyl sites for hydroxylation is 2. The Kier molecular flexibility index (Phi) is 6.11. The van der Waals surface area contributed by atoms with E-state index in [4.69, 9.17) is 9.47 Å². The van der Waals surface area contributed by atoms with Crippen LogP contribution in [-0.4, -0.2) is 24.6 Å². The van der Waals surface area contributed by atoms with Gasteiger partial charge in [0, 0.05) is 5.69 Å². The summed E-state index contributed by atoms with van der Waals surface area (Å²) in [7, 11) is 0. The van der Waals surface area contributed by atoms with Gasteiger partial charge in [-0.05, 0) is 56.7 Å². The van der Waals surface area contributed by atoms with Crippen molar-refractivity contribution in [3.05, 3.63) is 59.4 Å². The summed E-state index contributed by atoms with van der Waals surface area (Å²) < 4.78 is 23.3. The maximum Gasteiger partial charge on any atom is 0.344 e. The fourth-order valence-corrected chi connectivity index (χ4v) is 2.16. The number of rotatable bonds is 6. The van der Waals surface area contributed by atoms with E-state index in [0.717, 1.165) is 11.1 Å². The first-order valence-electron chi connectivity index (χ1n) is 7.81. The summed E-state index contributed by atoms with van der Waals surface area (Å²) >= 11 is 0. The van der Waals surface area contributed by atoms with Gasteiger partial charge in [0.05, 0.1) is 0 Å². The highest BCUT2D eigenvalue weighted by Crippen LogP contribution is 2.18. The number of esters is 1. The van der Waals surface area contributed by atoms with Crippen LogP contribution in [0.1, 0.15) is 18.1 Å². The molecule has 2 aromatic rings. The Morgan fingerprint density at radius 2 is 1.80 bits per heavy atom. The second-order valence-corrected chi connectivity index (χ2v) is 5.69. The lowest BCUT2D eigenvalue weighted by Gasteiger charge is -2.14. The first kappa shape index (κ1) is 18.4. The summed E-state index contributed by atoms with van der Waals surface area (Å²) in [6, 6.07) is 10.9. The lowest BCUT2D eigenvalue weighted by atomic mass is 10.1. The van der Waals surface area contributed by atoms with Gasteiger partial charge in [-0.3, -0.25) is 4.79 Å². The molecule has 2 aromatic carbocycles. The topological polar surface area (TPSA) is 64.6 Å². The number of halogens is 1. The smallest absolute Gasteiger partial charge is 0.344 e. The van der Waals surface area contributed by atoms with Gasteiger partial charge >= 0.3 is 5.97 Å². The highest BCUT2D eigenvalue weighted by atomic mass is 19.1. The molecule has 0 aromatic heterocycles. The van der Waals surface area contributed by atoms with Gasteiger partial charge in [-0.2, -0.15) is 0 Å². The van der Waals surface area contributed by atoms with Gasteiger partial charge in [0.2, 0.25) is 0 Å². The molecule has 0 heterocycles. The molecule has 2 rings (SSSR count). The SMILES string of the molecule is Cc1ccc(OCC(=O)O[C@H](C)C(=O)Nc2ccc(F)cc2)c(C)c1. The number of ether oxygens (including phenoxy) is 2. The van der Waals surface area contributed by atoms with Crippen molar-refractivity contribution < 1.29 is 23.5 Å². The zero-order valence-electron chi connectivity index (χ0n) is 14.3. The zero-order chi connectivity index (χ0) is 18.4. The van der Waals surface area contributed by atoms with Gasteiger partial charge in [0.15, 0.2) is 12.7 Å². The van der Waals surface area contributed by atoms with Crippen LogP contribution >= 0.6 is 0 Å². The number of amides is 1. The molecule has 6 heteroatoms. The normalized spacial score (nSPS) is 11.5. The molecule has 0 fully saturated rings. The number of carbonyl (C=O) groups is 2. The summed E-state index contributed by atoms with van der Waals surface area (Å²) in [5.74, 6) is -0.972. The molecular weight excluding hydrogens is 325 g/mol. The van der Waals surface area contributed by atoms with Crippen LogP contribution in [0.15, 0.2) is 42.5 Å². The van der Waals surface area contributed by atoms with E-state index in [1.165, 1.54) is 31.2 Å². The number of anilines is 1. The maximum atomic E-state index is 12.8. The molecular formula is C19H20FNO4. The second-order valence-electron chi connectivity index (χ2n) is 5.69. The third-order valence-corrected chi connectivity index (χ3v) is 3.47. The molecule has 0 aliphatic heterocycles. The molecule has 25 heavy (non-hydrogen) atoms. The maximum absolute atomic E-state index is 12.8. The Morgan fingerprint density at radius 3 is 2.44 bits per heavy atom. The first-order chi connectivity index (χ1) is 11.8. The molecule has 0 unspecified atom stereocenters. The average Bonchev–Trinajstić information content (AvgIpc) is 2.56. The Labute approximate surface area is 145 Å². The number of nitrogens with one attached hydrogen (secondary N) is 1. The summed E-state index contributed by atoms with van der Waals surface area (Å²) in [6.45, 7) is 5.00. The van der Waals surface area contributed by atoms with Crippen LogP contribution in [0.4, 0.5) is 10.1 Å². The van der Waals surface area contributed by atoms with Crippen molar-refractivity contribution in [2.24, 2.45) is 0 Å². The van der Waals surface area contributed by atoms with Crippen LogP contribution in [0.2, 0.25) is 0 Å². The first-order valence-corrected chi connectivity index (χ1v) is 7.81. The van der Waals surface area contributed by atoms with Crippen LogP contribution < -0.4 is 10.1 Å². The van der Waals surface area contributed by atoms with Crippen LogP contribution in [0.25, 0.3) is 0 Å². The van der Waals surface area contributed by atoms with Gasteiger partial charge in [0.25, 0.3) is 5.91 Å². The third-order valence-electron chi connectivity index (χ3n) is 3.47. The van der Waals surface area contributed by atoms with E-state index in [0.29, 0.717) is 11.4 Å². The molecule has 0 aliphatic rings. The Balaban J connectivity index is 1.82. The number of hydrogen-bond donors (Lipinski definition) is 1. The van der Waals surface area contributed by atoms with Gasteiger partial charge in [-0.25, -0.2) is 9.18 Å². The molecule has 1 atom stereocenters. The summed E-state index contributed by atoms with van der Waals surface area (Å²) in [6.07, 6.45) is -1.000. The van der Waals surface area contributed by atoms with Crippen LogP contribution in [0.3, 0.4) is 0 Å². The van der Waals surface area contributed by atoms with E-state index in [1.54, 1.807) is 6.07 Å². The predicted molar refractivity (Wildman–Crippen MR) is 92.0 cm³/mol. The van der Waals surface area contributed by atoms with Gasteiger partial charge in [-0.15, -0.1) is 0 Å². The Hall–Kier alpha value is -2.89. The molecule has 0 saturated carbocycles. The second kappa shape index (κ2) is 8.28. The minimum absolute atomic E-state index is 0.294. The number of carbonyl (C=O) groups excluding carboxylic acids is 2. The van der Waals surface area contributed by atoms with Crippen LogP contribution in [-0.2, 0) is 14.3 Å². The standard InChI is InChI=1S/C19H20FNO4/c1-12-4-9-17(13(2)10-12)24-11-18(22)25-14(3)19(23)21-16-7-5-15(20)6-8-16/h4-10,14H,11H2,1-3H3,(H,21,23)/t14-/m1/s1. The minimum atomic E-state index is -1.000. The molecule has 5 nitrogen and oxygen atoms in total. The van der Waals surface area contributed by atoms with Crippen LogP contribution in [0, 0.1) is 19.7 Å². The largest absolute Gasteiger partial charge is 0.482 e. The number of hydrogen-bond acceptors (Lipinski definition) is 4. The number of benzene rings is 2. The van der Waals surface area contributed by atoms with Crippen molar-refractivity contribution in [1.82, 2.24) is 0 Å². The zero-order valence-corrected chi connectivity index (χ0v) is 14.3. The summed E-state index contributed by atoms with van der Waals surface area (Å²) in [5, 5.41) is 2.54. The van der Waals surface area contributed by atoms with Gasteiger partial charge in [0.1, 0.15) is 11.6 Å². The van der Waals surface area contributed by atoms with E-state index in [2.05, 4.69) is 5.32 Å². The Morgan fingerprint density at radius 1 is 1.12 bits per heavy atom. The molecule has 0 radical (unpaired) electrons. The lowest BCUT2D eigenvalue weighted by Crippen LogP contribution is -2.31. The quantitative estimate of drug-likeness (QED) is 0.815. The molecule has 0 aliphatic carbocycles. The highest BCUT2D eigenvalue weighted by Gasteiger charge is 2.18. The van der Waals surface area contributed by atoms with E-state index < -0.39 is 23.8 Å². The third kappa shape index (κ3) is 5.60. The van der Waals surface area contributed by atoms with Crippen molar-refractivity contribution in [3.8, 4) is 5.75 Å². The van der Waals surface area contributed by atoms with Crippen LogP contribution in [0.5, 0.6) is 5.75 Å². The minimum Gasteiger partial charge on any atom is -0.482 e.